The lowest BCUT2D eigenvalue weighted by Gasteiger charge is -2.11. The van der Waals surface area contributed by atoms with Crippen LogP contribution in [0.25, 0.3) is 11.4 Å². The first-order valence-electron chi connectivity index (χ1n) is 7.54. The predicted molar refractivity (Wildman–Crippen MR) is 91.4 cm³/mol. The summed E-state index contributed by atoms with van der Waals surface area (Å²) in [6.45, 7) is -0.0692. The van der Waals surface area contributed by atoms with Gasteiger partial charge in [-0.05, 0) is 17.3 Å². The molecule has 0 spiro atoms. The fourth-order valence-corrected chi connectivity index (χ4v) is 2.24. The molecule has 0 bridgehead atoms. The van der Waals surface area contributed by atoms with Gasteiger partial charge in [-0.1, -0.05) is 30.3 Å². The molecular weight excluding hydrogens is 322 g/mol. The van der Waals surface area contributed by atoms with Gasteiger partial charge in [0.05, 0.1) is 19.9 Å². The highest BCUT2D eigenvalue weighted by Gasteiger charge is 2.12. The summed E-state index contributed by atoms with van der Waals surface area (Å²) in [5, 5.41) is 14.9. The molecule has 3 rings (SSSR count). The number of methoxy groups -OCH3 is 2. The monoisotopic (exact) mass is 339 g/mol. The van der Waals surface area contributed by atoms with Gasteiger partial charge < -0.3 is 14.8 Å². The second-order valence-corrected chi connectivity index (χ2v) is 5.12. The van der Waals surface area contributed by atoms with Crippen molar-refractivity contribution in [3.8, 4) is 22.9 Å². The van der Waals surface area contributed by atoms with E-state index in [1.54, 1.807) is 25.3 Å². The molecule has 128 valence electrons. The van der Waals surface area contributed by atoms with Crippen molar-refractivity contribution < 1.29 is 14.3 Å². The zero-order valence-electron chi connectivity index (χ0n) is 13.8. The summed E-state index contributed by atoms with van der Waals surface area (Å²) in [4.78, 5) is 13.5. The van der Waals surface area contributed by atoms with Crippen LogP contribution in [-0.4, -0.2) is 40.3 Å². The number of hydrogen-bond acceptors (Lipinski definition) is 6. The van der Waals surface area contributed by atoms with Crippen LogP contribution in [0, 0.1) is 0 Å². The number of hydrogen-bond donors (Lipinski definition) is 1. The lowest BCUT2D eigenvalue weighted by atomic mass is 10.2. The Morgan fingerprint density at radius 1 is 1.12 bits per heavy atom. The van der Waals surface area contributed by atoms with Gasteiger partial charge in [-0.3, -0.25) is 4.79 Å². The molecule has 0 radical (unpaired) electrons. The predicted octanol–water partition coefficient (Wildman–Crippen LogP) is 2.00. The number of carbonyl (C=O) groups excluding carboxylic acids is 1. The molecule has 0 saturated heterocycles. The van der Waals surface area contributed by atoms with E-state index in [9.17, 15) is 4.79 Å². The number of anilines is 1. The van der Waals surface area contributed by atoms with Crippen LogP contribution in [0.15, 0.2) is 48.5 Å². The molecule has 1 aromatic heterocycles. The third kappa shape index (κ3) is 3.92. The van der Waals surface area contributed by atoms with E-state index in [1.807, 2.05) is 30.3 Å². The molecule has 1 N–H and O–H groups in total. The zero-order valence-corrected chi connectivity index (χ0v) is 13.8. The number of nitrogens with zero attached hydrogens (tertiary/aromatic N) is 4. The summed E-state index contributed by atoms with van der Waals surface area (Å²) in [7, 11) is 3.08. The van der Waals surface area contributed by atoms with Gasteiger partial charge in [0, 0.05) is 11.6 Å². The molecule has 25 heavy (non-hydrogen) atoms. The molecule has 3 aromatic rings. The number of amides is 1. The number of benzene rings is 2. The van der Waals surface area contributed by atoms with Crippen LogP contribution < -0.4 is 14.8 Å². The molecule has 1 amide bonds. The molecule has 8 heteroatoms. The maximum atomic E-state index is 12.3. The van der Waals surface area contributed by atoms with E-state index in [0.717, 1.165) is 5.56 Å². The number of rotatable bonds is 6. The topological polar surface area (TPSA) is 91.2 Å². The quantitative estimate of drug-likeness (QED) is 0.738. The fourth-order valence-electron chi connectivity index (χ4n) is 2.24. The summed E-state index contributed by atoms with van der Waals surface area (Å²) in [5.41, 5.74) is 1.35. The van der Waals surface area contributed by atoms with Crippen molar-refractivity contribution >= 4 is 11.6 Å². The van der Waals surface area contributed by atoms with Gasteiger partial charge in [-0.25, -0.2) is 0 Å². The molecule has 0 saturated carbocycles. The van der Waals surface area contributed by atoms with Crippen LogP contribution in [0.1, 0.15) is 0 Å². The van der Waals surface area contributed by atoms with Crippen molar-refractivity contribution in [1.82, 2.24) is 20.2 Å². The number of tetrazole rings is 1. The summed E-state index contributed by atoms with van der Waals surface area (Å²) >= 11 is 0. The Labute approximate surface area is 144 Å². The van der Waals surface area contributed by atoms with Crippen LogP contribution in [0.2, 0.25) is 0 Å². The van der Waals surface area contributed by atoms with Gasteiger partial charge >= 0.3 is 0 Å². The van der Waals surface area contributed by atoms with Crippen LogP contribution in [0.5, 0.6) is 11.5 Å². The maximum absolute atomic E-state index is 12.3. The first-order valence-corrected chi connectivity index (χ1v) is 7.54. The zero-order chi connectivity index (χ0) is 17.6. The molecule has 0 aliphatic heterocycles. The third-order valence-electron chi connectivity index (χ3n) is 3.45. The first kappa shape index (κ1) is 16.4. The fraction of sp³-hybridized carbons (Fsp3) is 0.176. The molecule has 0 unspecified atom stereocenters. The van der Waals surface area contributed by atoms with Crippen molar-refractivity contribution in [1.29, 1.82) is 0 Å². The average molecular weight is 339 g/mol. The van der Waals surface area contributed by atoms with Gasteiger partial charge in [-0.15, -0.1) is 10.2 Å². The molecular formula is C17H17N5O3. The van der Waals surface area contributed by atoms with Gasteiger partial charge in [0.25, 0.3) is 0 Å². The number of aromatic nitrogens is 4. The molecule has 2 aromatic carbocycles. The minimum atomic E-state index is -0.302. The lowest BCUT2D eigenvalue weighted by Crippen LogP contribution is -2.20. The summed E-state index contributed by atoms with van der Waals surface area (Å²) in [6.07, 6.45) is 0. The number of carbonyl (C=O) groups is 1. The number of nitrogens with one attached hydrogen (secondary N) is 1. The van der Waals surface area contributed by atoms with E-state index in [2.05, 4.69) is 20.7 Å². The van der Waals surface area contributed by atoms with Crippen molar-refractivity contribution in [2.75, 3.05) is 19.5 Å². The lowest BCUT2D eigenvalue weighted by molar-refractivity contribution is -0.117. The Balaban J connectivity index is 1.70. The summed E-state index contributed by atoms with van der Waals surface area (Å²) < 4.78 is 10.4. The second kappa shape index (κ2) is 7.43. The highest BCUT2D eigenvalue weighted by molar-refractivity contribution is 5.92. The van der Waals surface area contributed by atoms with Gasteiger partial charge in [0.1, 0.15) is 18.0 Å². The normalized spacial score (nSPS) is 10.3. The molecule has 8 nitrogen and oxygen atoms in total. The Morgan fingerprint density at radius 2 is 1.92 bits per heavy atom. The van der Waals surface area contributed by atoms with Crippen LogP contribution in [0.3, 0.4) is 0 Å². The standard InChI is InChI=1S/C17H17N5O3/c1-24-13-8-9-15(25-2)14(10-13)18-16(23)11-22-20-17(19-21-22)12-6-4-3-5-7-12/h3-10H,11H2,1-2H3,(H,18,23). The maximum Gasteiger partial charge on any atom is 0.248 e. The van der Waals surface area contributed by atoms with Crippen molar-refractivity contribution in [3.05, 3.63) is 48.5 Å². The largest absolute Gasteiger partial charge is 0.497 e. The van der Waals surface area contributed by atoms with E-state index < -0.39 is 0 Å². The van der Waals surface area contributed by atoms with E-state index in [0.29, 0.717) is 23.0 Å². The van der Waals surface area contributed by atoms with E-state index in [4.69, 9.17) is 9.47 Å². The minimum Gasteiger partial charge on any atom is -0.497 e. The second-order valence-electron chi connectivity index (χ2n) is 5.12. The molecule has 0 aliphatic rings. The molecule has 0 fully saturated rings. The SMILES string of the molecule is COc1ccc(OC)c(NC(=O)Cn2nnc(-c3ccccc3)n2)c1. The minimum absolute atomic E-state index is 0.0692. The highest BCUT2D eigenvalue weighted by atomic mass is 16.5. The van der Waals surface area contributed by atoms with Crippen LogP contribution in [-0.2, 0) is 11.3 Å². The Kier molecular flexibility index (Phi) is 4.89. The molecule has 0 aliphatic carbocycles. The highest BCUT2D eigenvalue weighted by Crippen LogP contribution is 2.28. The van der Waals surface area contributed by atoms with Crippen LogP contribution in [0.4, 0.5) is 5.69 Å². The van der Waals surface area contributed by atoms with Crippen LogP contribution >= 0.6 is 0 Å². The summed E-state index contributed by atoms with van der Waals surface area (Å²) in [5.74, 6) is 1.31. The Bertz CT molecular complexity index is 864. The molecule has 1 heterocycles. The van der Waals surface area contributed by atoms with E-state index in [-0.39, 0.29) is 12.5 Å². The average Bonchev–Trinajstić information content (AvgIpc) is 3.10. The van der Waals surface area contributed by atoms with Gasteiger partial charge in [-0.2, -0.15) is 4.80 Å². The van der Waals surface area contributed by atoms with E-state index >= 15 is 0 Å². The third-order valence-corrected chi connectivity index (χ3v) is 3.45. The molecule has 0 atom stereocenters. The Morgan fingerprint density at radius 3 is 2.64 bits per heavy atom. The van der Waals surface area contributed by atoms with Crippen molar-refractivity contribution in [2.24, 2.45) is 0 Å². The van der Waals surface area contributed by atoms with Crippen molar-refractivity contribution in [3.63, 3.8) is 0 Å². The number of ether oxygens (including phenoxy) is 2. The van der Waals surface area contributed by atoms with Crippen molar-refractivity contribution in [2.45, 2.75) is 6.54 Å². The summed E-state index contributed by atoms with van der Waals surface area (Å²) in [6, 6.07) is 14.6. The smallest absolute Gasteiger partial charge is 0.248 e. The van der Waals surface area contributed by atoms with E-state index in [1.165, 1.54) is 11.9 Å². The van der Waals surface area contributed by atoms with Gasteiger partial charge in [0.15, 0.2) is 0 Å². The first-order chi connectivity index (χ1) is 12.2. The Hall–Kier alpha value is -3.42. The van der Waals surface area contributed by atoms with Gasteiger partial charge in [0.2, 0.25) is 11.7 Å².